The normalized spacial score (nSPS) is 13.0. The molecule has 31 heavy (non-hydrogen) atoms. The summed E-state index contributed by atoms with van der Waals surface area (Å²) < 4.78 is 1.99. The van der Waals surface area contributed by atoms with Gasteiger partial charge in [0.1, 0.15) is 23.1 Å². The number of H-pyrrole nitrogens is 1. The molecule has 0 radical (unpaired) electrons. The lowest BCUT2D eigenvalue weighted by molar-refractivity contribution is -0.112. The van der Waals surface area contributed by atoms with E-state index in [-0.39, 0.29) is 29.3 Å². The molecule has 4 rings (SSSR count). The minimum atomic E-state index is -0.746. The summed E-state index contributed by atoms with van der Waals surface area (Å²) in [6.07, 6.45) is 0. The molecular weight excluding hydrogens is 486 g/mol. The van der Waals surface area contributed by atoms with Gasteiger partial charge in [-0.05, 0) is 29.3 Å². The van der Waals surface area contributed by atoms with E-state index in [4.69, 9.17) is 11.6 Å². The number of aromatic nitrogens is 2. The molecule has 1 amide bonds. The van der Waals surface area contributed by atoms with Crippen LogP contribution in [0.15, 0.2) is 68.2 Å². The van der Waals surface area contributed by atoms with Crippen LogP contribution >= 0.6 is 27.5 Å². The predicted molar refractivity (Wildman–Crippen MR) is 121 cm³/mol. The van der Waals surface area contributed by atoms with Crippen molar-refractivity contribution in [1.29, 1.82) is 5.26 Å². The number of carbonyl (C=O) groups excluding carboxylic acids is 1. The Morgan fingerprint density at radius 1 is 1.03 bits per heavy atom. The molecule has 2 heterocycles. The van der Waals surface area contributed by atoms with Gasteiger partial charge in [0.15, 0.2) is 0 Å². The first-order valence-electron chi connectivity index (χ1n) is 8.98. The van der Waals surface area contributed by atoms with Gasteiger partial charge in [0.05, 0.1) is 12.2 Å². The van der Waals surface area contributed by atoms with Crippen LogP contribution in [0, 0.1) is 11.3 Å². The summed E-state index contributed by atoms with van der Waals surface area (Å²) in [5.74, 6) is -0.803. The van der Waals surface area contributed by atoms with Crippen molar-refractivity contribution in [3.8, 4) is 6.07 Å². The molecule has 154 valence electrons. The van der Waals surface area contributed by atoms with Crippen molar-refractivity contribution in [3.63, 3.8) is 0 Å². The molecule has 2 aromatic carbocycles. The van der Waals surface area contributed by atoms with E-state index in [1.165, 1.54) is 4.57 Å². The molecule has 0 spiro atoms. The van der Waals surface area contributed by atoms with E-state index in [2.05, 4.69) is 31.5 Å². The maximum Gasteiger partial charge on any atom is 0.330 e. The standard InChI is InChI=1S/C21H13BrClN5O3/c22-13-7-5-11(6-8-13)16-14(9-24)19(29)26-18-17(25-16)20(30)27-21(31)28(18)10-12-3-1-2-4-15(12)23/h1-8,25H,10H2,(H,26,29)(H,27,30,31). The highest BCUT2D eigenvalue weighted by molar-refractivity contribution is 9.10. The van der Waals surface area contributed by atoms with Crippen LogP contribution in [-0.2, 0) is 11.3 Å². The number of nitrogens with zero attached hydrogens (tertiary/aromatic N) is 2. The number of aromatic amines is 1. The van der Waals surface area contributed by atoms with Gasteiger partial charge in [-0.15, -0.1) is 0 Å². The third-order valence-electron chi connectivity index (χ3n) is 4.69. The Kier molecular flexibility index (Phi) is 5.50. The molecule has 0 atom stereocenters. The number of hydrogen-bond acceptors (Lipinski definition) is 5. The number of halogens is 2. The average molecular weight is 499 g/mol. The highest BCUT2D eigenvalue weighted by Crippen LogP contribution is 2.30. The van der Waals surface area contributed by atoms with Crippen LogP contribution in [0.25, 0.3) is 5.70 Å². The van der Waals surface area contributed by atoms with Gasteiger partial charge in [-0.1, -0.05) is 57.9 Å². The number of anilines is 2. The number of benzene rings is 2. The van der Waals surface area contributed by atoms with Crippen LogP contribution in [0.5, 0.6) is 0 Å². The molecule has 0 aliphatic carbocycles. The average Bonchev–Trinajstić information content (AvgIpc) is 2.89. The number of carbonyl (C=O) groups is 1. The lowest BCUT2D eigenvalue weighted by Crippen LogP contribution is -2.34. The molecule has 0 saturated carbocycles. The van der Waals surface area contributed by atoms with Crippen LogP contribution in [0.2, 0.25) is 5.02 Å². The van der Waals surface area contributed by atoms with Crippen molar-refractivity contribution in [3.05, 3.63) is 95.6 Å². The molecule has 0 unspecified atom stereocenters. The topological polar surface area (TPSA) is 120 Å². The van der Waals surface area contributed by atoms with Gasteiger partial charge in [0.2, 0.25) is 0 Å². The molecule has 0 saturated heterocycles. The van der Waals surface area contributed by atoms with E-state index >= 15 is 0 Å². The van der Waals surface area contributed by atoms with Crippen LogP contribution < -0.4 is 21.9 Å². The lowest BCUT2D eigenvalue weighted by atomic mass is 10.1. The van der Waals surface area contributed by atoms with Crippen LogP contribution in [0.3, 0.4) is 0 Å². The highest BCUT2D eigenvalue weighted by atomic mass is 79.9. The Labute approximate surface area is 188 Å². The quantitative estimate of drug-likeness (QED) is 0.512. The molecule has 3 N–H and O–H groups in total. The summed E-state index contributed by atoms with van der Waals surface area (Å²) in [5, 5.41) is 15.5. The van der Waals surface area contributed by atoms with E-state index < -0.39 is 17.2 Å². The fourth-order valence-corrected chi connectivity index (χ4v) is 3.64. The number of nitriles is 1. The monoisotopic (exact) mass is 497 g/mol. The summed E-state index contributed by atoms with van der Waals surface area (Å²) in [7, 11) is 0. The molecule has 1 aliphatic rings. The fourth-order valence-electron chi connectivity index (χ4n) is 3.18. The SMILES string of the molecule is N#CC1=C(c2ccc(Br)cc2)Nc2c(n(Cc3ccccc3Cl)c(=O)[nH]c2=O)NC1=O. The van der Waals surface area contributed by atoms with Crippen molar-refractivity contribution in [2.75, 3.05) is 10.6 Å². The summed E-state index contributed by atoms with van der Waals surface area (Å²) >= 11 is 9.55. The second-order valence-corrected chi connectivity index (χ2v) is 7.93. The fraction of sp³-hybridized carbons (Fsp3) is 0.0476. The number of fused-ring (bicyclic) bond motifs is 1. The minimum absolute atomic E-state index is 0.00488. The Balaban J connectivity index is 1.90. The van der Waals surface area contributed by atoms with E-state index in [0.29, 0.717) is 16.1 Å². The second-order valence-electron chi connectivity index (χ2n) is 6.61. The Morgan fingerprint density at radius 3 is 2.42 bits per heavy atom. The molecule has 3 aromatic rings. The molecular formula is C21H13BrClN5O3. The number of hydrogen-bond donors (Lipinski definition) is 3. The van der Waals surface area contributed by atoms with Crippen LogP contribution in [0.4, 0.5) is 11.5 Å². The maximum absolute atomic E-state index is 12.9. The largest absolute Gasteiger partial charge is 0.346 e. The number of amides is 1. The molecule has 8 nitrogen and oxygen atoms in total. The van der Waals surface area contributed by atoms with E-state index in [0.717, 1.165) is 4.47 Å². The number of rotatable bonds is 3. The van der Waals surface area contributed by atoms with Crippen molar-refractivity contribution in [2.24, 2.45) is 0 Å². The predicted octanol–water partition coefficient (Wildman–Crippen LogP) is 3.30. The minimum Gasteiger partial charge on any atom is -0.346 e. The lowest BCUT2D eigenvalue weighted by Gasteiger charge is -2.16. The molecule has 0 bridgehead atoms. The summed E-state index contributed by atoms with van der Waals surface area (Å²) in [6, 6.07) is 15.6. The van der Waals surface area contributed by atoms with Gasteiger partial charge in [0, 0.05) is 9.50 Å². The first-order valence-corrected chi connectivity index (χ1v) is 10.2. The van der Waals surface area contributed by atoms with Crippen molar-refractivity contribution in [2.45, 2.75) is 6.54 Å². The zero-order valence-corrected chi connectivity index (χ0v) is 18.0. The van der Waals surface area contributed by atoms with Gasteiger partial charge in [-0.25, -0.2) is 4.79 Å². The van der Waals surface area contributed by atoms with Crippen LogP contribution in [0.1, 0.15) is 11.1 Å². The van der Waals surface area contributed by atoms with Gasteiger partial charge in [-0.2, -0.15) is 5.26 Å². The zero-order chi connectivity index (χ0) is 22.1. The van der Waals surface area contributed by atoms with Crippen LogP contribution in [-0.4, -0.2) is 15.5 Å². The van der Waals surface area contributed by atoms with Gasteiger partial charge < -0.3 is 10.6 Å². The molecule has 0 fully saturated rings. The first-order chi connectivity index (χ1) is 14.9. The van der Waals surface area contributed by atoms with Gasteiger partial charge in [0.25, 0.3) is 11.5 Å². The van der Waals surface area contributed by atoms with Gasteiger partial charge in [-0.3, -0.25) is 19.1 Å². The maximum atomic E-state index is 12.9. The summed E-state index contributed by atoms with van der Waals surface area (Å²) in [5.41, 5.74) is -0.468. The Bertz CT molecular complexity index is 1400. The number of nitrogens with one attached hydrogen (secondary N) is 3. The van der Waals surface area contributed by atoms with E-state index in [9.17, 15) is 19.6 Å². The zero-order valence-electron chi connectivity index (χ0n) is 15.7. The third-order valence-corrected chi connectivity index (χ3v) is 5.59. The van der Waals surface area contributed by atoms with E-state index in [1.54, 1.807) is 48.5 Å². The summed E-state index contributed by atoms with van der Waals surface area (Å²) in [4.78, 5) is 40.3. The van der Waals surface area contributed by atoms with Crippen molar-refractivity contribution in [1.82, 2.24) is 9.55 Å². The smallest absolute Gasteiger partial charge is 0.330 e. The first kappa shape index (κ1) is 20.7. The van der Waals surface area contributed by atoms with Crippen molar-refractivity contribution >= 4 is 50.6 Å². The Morgan fingerprint density at radius 2 is 1.74 bits per heavy atom. The molecule has 1 aliphatic heterocycles. The highest BCUT2D eigenvalue weighted by Gasteiger charge is 2.27. The van der Waals surface area contributed by atoms with Gasteiger partial charge >= 0.3 is 5.69 Å². The molecule has 1 aromatic heterocycles. The second kappa shape index (κ2) is 8.26. The Hall–Kier alpha value is -3.61. The van der Waals surface area contributed by atoms with E-state index in [1.807, 2.05) is 6.07 Å². The molecule has 10 heteroatoms. The van der Waals surface area contributed by atoms with Crippen molar-refractivity contribution < 1.29 is 4.79 Å². The summed E-state index contributed by atoms with van der Waals surface area (Å²) in [6.45, 7) is -0.00488. The third kappa shape index (κ3) is 3.91.